The molecular weight excluding hydrogens is 469 g/mol. The van der Waals surface area contributed by atoms with Gasteiger partial charge in [0.05, 0.1) is 39.9 Å². The van der Waals surface area contributed by atoms with Crippen molar-refractivity contribution in [2.45, 2.75) is 12.0 Å². The smallest absolute Gasteiger partial charge is 0.310 e. The number of nitrogens with one attached hydrogen (secondary N) is 1. The van der Waals surface area contributed by atoms with Crippen LogP contribution in [0.2, 0.25) is 0 Å². The summed E-state index contributed by atoms with van der Waals surface area (Å²) in [5, 5.41) is 24.2. The predicted octanol–water partition coefficient (Wildman–Crippen LogP) is 4.35. The number of hydrogen-bond donors (Lipinski definition) is 3. The predicted molar refractivity (Wildman–Crippen MR) is 128 cm³/mol. The average molecular weight is 496 g/mol. The molecule has 0 radical (unpaired) electrons. The van der Waals surface area contributed by atoms with E-state index < -0.39 is 17.9 Å². The van der Waals surface area contributed by atoms with Gasteiger partial charge >= 0.3 is 5.97 Å². The van der Waals surface area contributed by atoms with Crippen molar-refractivity contribution in [2.24, 2.45) is 11.8 Å². The molecule has 2 aliphatic rings. The molecule has 1 unspecified atom stereocenters. The molecule has 0 aromatic heterocycles. The van der Waals surface area contributed by atoms with E-state index in [1.165, 1.54) is 45.6 Å². The third kappa shape index (κ3) is 3.80. The van der Waals surface area contributed by atoms with Crippen LogP contribution in [0.15, 0.2) is 48.5 Å². The second-order valence-corrected chi connectivity index (χ2v) is 8.85. The van der Waals surface area contributed by atoms with Gasteiger partial charge in [0, 0.05) is 17.5 Å². The second-order valence-electron chi connectivity index (χ2n) is 8.85. The zero-order chi connectivity index (χ0) is 25.6. The van der Waals surface area contributed by atoms with Gasteiger partial charge in [0.15, 0.2) is 23.0 Å². The molecule has 0 saturated carbocycles. The van der Waals surface area contributed by atoms with E-state index in [1.807, 2.05) is 0 Å². The summed E-state index contributed by atoms with van der Waals surface area (Å²) in [5.74, 6) is -1.54. The van der Waals surface area contributed by atoms with Gasteiger partial charge in [-0.15, -0.1) is 0 Å². The minimum absolute atomic E-state index is 0.157. The Balaban J connectivity index is 1.71. The maximum Gasteiger partial charge on any atom is 0.310 e. The zero-order valence-electron chi connectivity index (χ0n) is 19.9. The van der Waals surface area contributed by atoms with Crippen LogP contribution in [0.1, 0.15) is 28.7 Å². The highest BCUT2D eigenvalue weighted by Crippen LogP contribution is 2.55. The van der Waals surface area contributed by atoms with E-state index in [4.69, 9.17) is 18.9 Å². The Morgan fingerprint density at radius 3 is 2.11 bits per heavy atom. The lowest BCUT2D eigenvalue weighted by Gasteiger charge is -2.40. The molecule has 1 aliphatic heterocycles. The molecule has 8 nitrogen and oxygen atoms in total. The summed E-state index contributed by atoms with van der Waals surface area (Å²) in [6.07, 6.45) is 0. The Kier molecular flexibility index (Phi) is 5.99. The number of halogens is 1. The number of hydrogen-bond acceptors (Lipinski definition) is 8. The summed E-state index contributed by atoms with van der Waals surface area (Å²) >= 11 is 0. The fraction of sp³-hybridized carbons (Fsp3) is 0.296. The Bertz CT molecular complexity index is 1290. The van der Waals surface area contributed by atoms with Crippen molar-refractivity contribution in [3.05, 3.63) is 71.0 Å². The Morgan fingerprint density at radius 1 is 0.917 bits per heavy atom. The maximum absolute atomic E-state index is 13.5. The number of benzene rings is 3. The molecule has 5 rings (SSSR count). The molecule has 3 aromatic carbocycles. The highest BCUT2D eigenvalue weighted by molar-refractivity contribution is 5.79. The van der Waals surface area contributed by atoms with Crippen LogP contribution in [-0.2, 0) is 9.53 Å². The number of phenolic OH excluding ortho intramolecular Hbond substituents is 2. The van der Waals surface area contributed by atoms with Gasteiger partial charge in [0.2, 0.25) is 5.75 Å². The van der Waals surface area contributed by atoms with E-state index in [9.17, 15) is 19.4 Å². The number of ether oxygens (including phenoxy) is 4. The van der Waals surface area contributed by atoms with Gasteiger partial charge in [0.25, 0.3) is 0 Å². The van der Waals surface area contributed by atoms with E-state index in [2.05, 4.69) is 5.32 Å². The van der Waals surface area contributed by atoms with Crippen LogP contribution in [0.3, 0.4) is 0 Å². The minimum Gasteiger partial charge on any atom is -0.504 e. The molecule has 0 spiro atoms. The summed E-state index contributed by atoms with van der Waals surface area (Å²) in [5.41, 5.74) is 2.67. The SMILES string of the molecule is COc1cc([C@@H]2c3cc(O)c(O)cc3C(Nc3ccc(F)cc3)[C@H]3COC(=O)[C@H]23)cc(OC)c1OC. The monoisotopic (exact) mass is 495 g/mol. The molecule has 1 heterocycles. The van der Waals surface area contributed by atoms with E-state index in [-0.39, 0.29) is 35.8 Å². The third-order valence-electron chi connectivity index (χ3n) is 7.00. The second kappa shape index (κ2) is 9.14. The molecule has 1 fully saturated rings. The lowest BCUT2D eigenvalue weighted by Crippen LogP contribution is -2.37. The molecule has 9 heteroatoms. The standard InChI is InChI=1S/C27H26FNO7/c1-33-21-8-13(9-22(34-2)26(21)35-3)23-16-10-19(30)20(31)11-17(16)25(18-12-36-27(32)24(18)23)29-15-6-4-14(28)5-7-15/h4-11,18,23-25,29-31H,12H2,1-3H3/t18-,23+,24-,25?/m0/s1. The highest BCUT2D eigenvalue weighted by atomic mass is 19.1. The topological polar surface area (TPSA) is 106 Å². The fourth-order valence-electron chi connectivity index (χ4n) is 5.39. The van der Waals surface area contributed by atoms with Crippen LogP contribution in [0, 0.1) is 17.7 Å². The molecule has 1 aliphatic carbocycles. The fourth-order valence-corrected chi connectivity index (χ4v) is 5.39. The van der Waals surface area contributed by atoms with Crippen molar-refractivity contribution >= 4 is 11.7 Å². The number of aromatic hydroxyl groups is 2. The molecule has 3 N–H and O–H groups in total. The first kappa shape index (κ1) is 23.6. The van der Waals surface area contributed by atoms with E-state index in [1.54, 1.807) is 24.3 Å². The lowest BCUT2D eigenvalue weighted by molar-refractivity contribution is -0.141. The third-order valence-corrected chi connectivity index (χ3v) is 7.00. The van der Waals surface area contributed by atoms with Crippen LogP contribution in [0.4, 0.5) is 10.1 Å². The number of fused-ring (bicyclic) bond motifs is 2. The van der Waals surface area contributed by atoms with Crippen LogP contribution in [0.25, 0.3) is 0 Å². The van der Waals surface area contributed by atoms with Crippen LogP contribution in [0.5, 0.6) is 28.7 Å². The van der Waals surface area contributed by atoms with E-state index in [0.717, 1.165) is 0 Å². The first-order valence-corrected chi connectivity index (χ1v) is 11.4. The molecule has 0 bridgehead atoms. The van der Waals surface area contributed by atoms with Gasteiger partial charge in [-0.3, -0.25) is 4.79 Å². The quantitative estimate of drug-likeness (QED) is 0.342. The average Bonchev–Trinajstić information content (AvgIpc) is 3.26. The molecule has 3 aromatic rings. The summed E-state index contributed by atoms with van der Waals surface area (Å²) < 4.78 is 35.6. The van der Waals surface area contributed by atoms with Crippen LogP contribution in [-0.4, -0.2) is 44.1 Å². The lowest BCUT2D eigenvalue weighted by atomic mass is 9.65. The van der Waals surface area contributed by atoms with Gasteiger partial charge in [-0.05, 0) is 65.2 Å². The molecule has 0 amide bonds. The van der Waals surface area contributed by atoms with Crippen LogP contribution < -0.4 is 19.5 Å². The first-order chi connectivity index (χ1) is 17.4. The van der Waals surface area contributed by atoms with E-state index in [0.29, 0.717) is 39.6 Å². The molecule has 36 heavy (non-hydrogen) atoms. The van der Waals surface area contributed by atoms with Crippen LogP contribution >= 0.6 is 0 Å². The van der Waals surface area contributed by atoms with Gasteiger partial charge in [0.1, 0.15) is 5.82 Å². The largest absolute Gasteiger partial charge is 0.504 e. The normalized spacial score (nSPS) is 22.3. The van der Waals surface area contributed by atoms with Crippen molar-refractivity contribution in [3.63, 3.8) is 0 Å². The molecular formula is C27H26FNO7. The van der Waals surface area contributed by atoms with E-state index >= 15 is 0 Å². The number of carbonyl (C=O) groups excluding carboxylic acids is 1. The summed E-state index contributed by atoms with van der Waals surface area (Å²) in [6.45, 7) is 0.157. The number of rotatable bonds is 6. The molecule has 4 atom stereocenters. The van der Waals surface area contributed by atoms with Gasteiger partial charge in [-0.2, -0.15) is 0 Å². The molecule has 1 saturated heterocycles. The Morgan fingerprint density at radius 2 is 1.53 bits per heavy atom. The van der Waals surface area contributed by atoms with Crippen molar-refractivity contribution in [2.75, 3.05) is 33.3 Å². The van der Waals surface area contributed by atoms with Crippen molar-refractivity contribution in [1.82, 2.24) is 0 Å². The summed E-state index contributed by atoms with van der Waals surface area (Å²) in [7, 11) is 4.52. The van der Waals surface area contributed by atoms with Gasteiger partial charge in [-0.1, -0.05) is 0 Å². The van der Waals surface area contributed by atoms with Crippen molar-refractivity contribution in [1.29, 1.82) is 0 Å². The number of methoxy groups -OCH3 is 3. The Hall–Kier alpha value is -4.14. The minimum atomic E-state index is -0.609. The number of cyclic esters (lactones) is 1. The number of anilines is 1. The number of phenols is 2. The van der Waals surface area contributed by atoms with Crippen molar-refractivity contribution in [3.8, 4) is 28.7 Å². The number of esters is 1. The van der Waals surface area contributed by atoms with Gasteiger partial charge < -0.3 is 34.5 Å². The maximum atomic E-state index is 13.5. The summed E-state index contributed by atoms with van der Waals surface area (Å²) in [4.78, 5) is 13.1. The highest BCUT2D eigenvalue weighted by Gasteiger charge is 2.52. The van der Waals surface area contributed by atoms with Crippen molar-refractivity contribution < 1.29 is 38.3 Å². The Labute approximate surface area is 207 Å². The zero-order valence-corrected chi connectivity index (χ0v) is 19.9. The summed E-state index contributed by atoms with van der Waals surface area (Å²) in [6, 6.07) is 12.0. The number of carbonyl (C=O) groups is 1. The van der Waals surface area contributed by atoms with Gasteiger partial charge in [-0.25, -0.2) is 4.39 Å². The molecule has 188 valence electrons. The first-order valence-electron chi connectivity index (χ1n) is 11.4.